The van der Waals surface area contributed by atoms with E-state index in [4.69, 9.17) is 0 Å². The molecule has 1 aromatic carbocycles. The van der Waals surface area contributed by atoms with Crippen LogP contribution in [0.15, 0.2) is 22.7 Å². The molecule has 1 N–H and O–H groups in total. The van der Waals surface area contributed by atoms with Crippen LogP contribution in [0.25, 0.3) is 0 Å². The predicted molar refractivity (Wildman–Crippen MR) is 66.0 cm³/mol. The normalized spacial score (nSPS) is 18.6. The fourth-order valence-electron chi connectivity index (χ4n) is 2.30. The van der Waals surface area contributed by atoms with Crippen molar-refractivity contribution in [3.8, 4) is 0 Å². The summed E-state index contributed by atoms with van der Waals surface area (Å²) in [6, 6.07) is 6.40. The number of aliphatic hydroxyl groups excluding tert-OH is 1. The van der Waals surface area contributed by atoms with Crippen molar-refractivity contribution in [2.75, 3.05) is 6.61 Å². The van der Waals surface area contributed by atoms with Gasteiger partial charge in [-0.05, 0) is 54.9 Å². The summed E-state index contributed by atoms with van der Waals surface area (Å²) < 4.78 is 1.13. The van der Waals surface area contributed by atoms with Gasteiger partial charge >= 0.3 is 0 Å². The lowest BCUT2D eigenvalue weighted by Crippen LogP contribution is -2.35. The van der Waals surface area contributed by atoms with Gasteiger partial charge in [0.1, 0.15) is 0 Å². The van der Waals surface area contributed by atoms with Crippen molar-refractivity contribution in [3.63, 3.8) is 0 Å². The van der Waals surface area contributed by atoms with E-state index in [0.29, 0.717) is 6.61 Å². The molecule has 0 bridgehead atoms. The van der Waals surface area contributed by atoms with Crippen molar-refractivity contribution < 1.29 is 5.11 Å². The number of rotatable bonds is 3. The van der Waals surface area contributed by atoms with Gasteiger partial charge in [-0.2, -0.15) is 0 Å². The van der Waals surface area contributed by atoms with Crippen LogP contribution < -0.4 is 0 Å². The van der Waals surface area contributed by atoms with Crippen LogP contribution in [-0.4, -0.2) is 11.7 Å². The summed E-state index contributed by atoms with van der Waals surface area (Å²) in [4.78, 5) is 0. The molecule has 82 valence electrons. The van der Waals surface area contributed by atoms with Crippen molar-refractivity contribution in [1.29, 1.82) is 0 Å². The van der Waals surface area contributed by atoms with Crippen molar-refractivity contribution >= 4 is 15.9 Å². The molecule has 0 aromatic heterocycles. The zero-order valence-corrected chi connectivity index (χ0v) is 10.7. The van der Waals surface area contributed by atoms with Gasteiger partial charge in [-0.15, -0.1) is 0 Å². The van der Waals surface area contributed by atoms with E-state index >= 15 is 0 Å². The van der Waals surface area contributed by atoms with E-state index in [1.165, 1.54) is 30.4 Å². The Morgan fingerprint density at radius 1 is 1.40 bits per heavy atom. The summed E-state index contributed by atoms with van der Waals surface area (Å²) >= 11 is 3.50. The molecule has 2 heteroatoms. The molecule has 0 atom stereocenters. The van der Waals surface area contributed by atoms with E-state index in [1.807, 2.05) is 0 Å². The van der Waals surface area contributed by atoms with Crippen molar-refractivity contribution in [2.24, 2.45) is 5.41 Å². The van der Waals surface area contributed by atoms with Gasteiger partial charge in [-0.25, -0.2) is 0 Å². The highest BCUT2D eigenvalue weighted by atomic mass is 79.9. The van der Waals surface area contributed by atoms with Crippen LogP contribution in [0.5, 0.6) is 0 Å². The van der Waals surface area contributed by atoms with E-state index in [9.17, 15) is 5.11 Å². The average molecular weight is 269 g/mol. The van der Waals surface area contributed by atoms with E-state index in [-0.39, 0.29) is 5.41 Å². The SMILES string of the molecule is Cc1ccc(Br)cc1CC1(CO)CCC1. The van der Waals surface area contributed by atoms with E-state index < -0.39 is 0 Å². The molecular formula is C13H17BrO. The summed E-state index contributed by atoms with van der Waals surface area (Å²) in [6.45, 7) is 2.48. The first-order valence-corrected chi connectivity index (χ1v) is 6.30. The molecule has 1 saturated carbocycles. The minimum absolute atomic E-state index is 0.186. The van der Waals surface area contributed by atoms with Crippen LogP contribution in [-0.2, 0) is 6.42 Å². The first-order valence-electron chi connectivity index (χ1n) is 5.51. The molecule has 1 nitrogen and oxygen atoms in total. The van der Waals surface area contributed by atoms with Gasteiger partial charge < -0.3 is 5.11 Å². The smallest absolute Gasteiger partial charge is 0.0490 e. The Morgan fingerprint density at radius 2 is 2.13 bits per heavy atom. The first kappa shape index (κ1) is 11.2. The van der Waals surface area contributed by atoms with Gasteiger partial charge in [0.2, 0.25) is 0 Å². The number of benzene rings is 1. The van der Waals surface area contributed by atoms with Crippen LogP contribution >= 0.6 is 15.9 Å². The molecule has 1 fully saturated rings. The standard InChI is InChI=1S/C13H17BrO/c1-10-3-4-12(14)7-11(10)8-13(9-15)5-2-6-13/h3-4,7,15H,2,5-6,8-9H2,1H3. The second-order valence-corrected chi connectivity index (χ2v) is 5.67. The van der Waals surface area contributed by atoms with Gasteiger partial charge in [0.15, 0.2) is 0 Å². The van der Waals surface area contributed by atoms with Crippen molar-refractivity contribution in [2.45, 2.75) is 32.6 Å². The van der Waals surface area contributed by atoms with Crippen LogP contribution in [0, 0.1) is 12.3 Å². The van der Waals surface area contributed by atoms with Gasteiger partial charge in [0, 0.05) is 11.1 Å². The fourth-order valence-corrected chi connectivity index (χ4v) is 2.71. The first-order chi connectivity index (χ1) is 7.15. The Bertz CT molecular complexity index is 350. The topological polar surface area (TPSA) is 20.2 Å². The fraction of sp³-hybridized carbons (Fsp3) is 0.538. The number of halogens is 1. The average Bonchev–Trinajstić information content (AvgIpc) is 2.17. The number of aryl methyl sites for hydroxylation is 1. The highest BCUT2D eigenvalue weighted by Crippen LogP contribution is 2.43. The molecule has 0 heterocycles. The van der Waals surface area contributed by atoms with Crippen LogP contribution in [0.3, 0.4) is 0 Å². The second-order valence-electron chi connectivity index (χ2n) is 4.76. The molecule has 15 heavy (non-hydrogen) atoms. The van der Waals surface area contributed by atoms with Crippen LogP contribution in [0.1, 0.15) is 30.4 Å². The third-order valence-corrected chi connectivity index (χ3v) is 4.12. The monoisotopic (exact) mass is 268 g/mol. The summed E-state index contributed by atoms with van der Waals surface area (Å²) in [5.74, 6) is 0. The Labute approximate surface area is 99.6 Å². The van der Waals surface area contributed by atoms with Crippen molar-refractivity contribution in [1.82, 2.24) is 0 Å². The lowest BCUT2D eigenvalue weighted by molar-refractivity contribution is 0.0449. The van der Waals surface area contributed by atoms with E-state index in [2.05, 4.69) is 41.1 Å². The number of aliphatic hydroxyl groups is 1. The van der Waals surface area contributed by atoms with Gasteiger partial charge in [0.05, 0.1) is 0 Å². The molecule has 0 unspecified atom stereocenters. The zero-order valence-electron chi connectivity index (χ0n) is 9.09. The van der Waals surface area contributed by atoms with E-state index in [0.717, 1.165) is 10.9 Å². The van der Waals surface area contributed by atoms with E-state index in [1.54, 1.807) is 0 Å². The van der Waals surface area contributed by atoms with Gasteiger partial charge in [-0.1, -0.05) is 28.4 Å². The maximum Gasteiger partial charge on any atom is 0.0490 e. The Morgan fingerprint density at radius 3 is 2.67 bits per heavy atom. The quantitative estimate of drug-likeness (QED) is 0.890. The van der Waals surface area contributed by atoms with Gasteiger partial charge in [0.25, 0.3) is 0 Å². The Hall–Kier alpha value is -0.340. The zero-order chi connectivity index (χ0) is 10.9. The predicted octanol–water partition coefficient (Wildman–Crippen LogP) is 3.46. The van der Waals surface area contributed by atoms with Crippen LogP contribution in [0.4, 0.5) is 0 Å². The largest absolute Gasteiger partial charge is 0.396 e. The molecule has 0 spiro atoms. The summed E-state index contributed by atoms with van der Waals surface area (Å²) in [6.07, 6.45) is 4.65. The molecule has 0 radical (unpaired) electrons. The second kappa shape index (κ2) is 4.26. The molecule has 0 aliphatic heterocycles. The molecule has 2 rings (SSSR count). The lowest BCUT2D eigenvalue weighted by atomic mass is 9.65. The lowest BCUT2D eigenvalue weighted by Gasteiger charge is -2.40. The summed E-state index contributed by atoms with van der Waals surface area (Å²) in [7, 11) is 0. The highest BCUT2D eigenvalue weighted by Gasteiger charge is 2.36. The van der Waals surface area contributed by atoms with Crippen molar-refractivity contribution in [3.05, 3.63) is 33.8 Å². The summed E-state index contributed by atoms with van der Waals surface area (Å²) in [5.41, 5.74) is 2.89. The highest BCUT2D eigenvalue weighted by molar-refractivity contribution is 9.10. The molecule has 1 aliphatic rings. The third-order valence-electron chi connectivity index (χ3n) is 3.63. The summed E-state index contributed by atoms with van der Waals surface area (Å²) in [5, 5.41) is 9.45. The van der Waals surface area contributed by atoms with Crippen LogP contribution in [0.2, 0.25) is 0 Å². The number of hydrogen-bond acceptors (Lipinski definition) is 1. The Kier molecular flexibility index (Phi) is 3.17. The molecule has 1 aromatic rings. The number of hydrogen-bond donors (Lipinski definition) is 1. The molecule has 0 amide bonds. The maximum atomic E-state index is 9.45. The molecular weight excluding hydrogens is 252 g/mol. The molecule has 0 saturated heterocycles. The molecule has 1 aliphatic carbocycles. The maximum absolute atomic E-state index is 9.45. The third kappa shape index (κ3) is 2.26. The minimum Gasteiger partial charge on any atom is -0.396 e. The Balaban J connectivity index is 2.19. The minimum atomic E-state index is 0.186. The van der Waals surface area contributed by atoms with Gasteiger partial charge in [-0.3, -0.25) is 0 Å².